The zero-order valence-corrected chi connectivity index (χ0v) is 17.9. The molecule has 0 unspecified atom stereocenters. The first-order valence-corrected chi connectivity index (χ1v) is 11.2. The van der Waals surface area contributed by atoms with E-state index in [1.54, 1.807) is 0 Å². The van der Waals surface area contributed by atoms with Crippen molar-refractivity contribution in [2.45, 2.75) is 50.0 Å². The molecule has 1 aromatic carbocycles. The average molecular weight is 433 g/mol. The Kier molecular flexibility index (Phi) is 6.29. The van der Waals surface area contributed by atoms with Crippen LogP contribution in [-0.2, 0) is 15.0 Å². The Morgan fingerprint density at radius 2 is 1.87 bits per heavy atom. The first kappa shape index (κ1) is 21.1. The number of benzene rings is 1. The Bertz CT molecular complexity index is 785. The highest BCUT2D eigenvalue weighted by molar-refractivity contribution is 6.30. The van der Waals surface area contributed by atoms with Crippen molar-refractivity contribution in [2.75, 3.05) is 32.7 Å². The Balaban J connectivity index is 1.16. The number of rotatable bonds is 8. The molecule has 0 bridgehead atoms. The van der Waals surface area contributed by atoms with Gasteiger partial charge in [0.25, 0.3) is 0 Å². The molecule has 8 heteroatoms. The number of halogens is 1. The molecule has 30 heavy (non-hydrogen) atoms. The van der Waals surface area contributed by atoms with Crippen LogP contribution in [0, 0.1) is 0 Å². The van der Waals surface area contributed by atoms with Crippen LogP contribution in [-0.4, -0.2) is 66.4 Å². The van der Waals surface area contributed by atoms with Gasteiger partial charge in [-0.1, -0.05) is 23.7 Å². The van der Waals surface area contributed by atoms with E-state index >= 15 is 0 Å². The number of nitrogens with zero attached hydrogens (tertiary/aromatic N) is 2. The zero-order valence-electron chi connectivity index (χ0n) is 17.2. The molecule has 7 nitrogen and oxygen atoms in total. The molecule has 1 saturated carbocycles. The van der Waals surface area contributed by atoms with Gasteiger partial charge in [0.2, 0.25) is 11.8 Å². The molecule has 2 aliphatic heterocycles. The maximum absolute atomic E-state index is 12.2. The number of likely N-dealkylation sites (tertiary alicyclic amines) is 1. The summed E-state index contributed by atoms with van der Waals surface area (Å²) >= 11 is 6.03. The Labute approximate surface area is 182 Å². The van der Waals surface area contributed by atoms with Gasteiger partial charge in [-0.3, -0.25) is 14.5 Å². The number of carbonyl (C=O) groups is 3. The third kappa shape index (κ3) is 4.95. The third-order valence-electron chi connectivity index (χ3n) is 6.51. The predicted molar refractivity (Wildman–Crippen MR) is 114 cm³/mol. The highest BCUT2D eigenvalue weighted by Crippen LogP contribution is 2.49. The van der Waals surface area contributed by atoms with Crippen LogP contribution in [0.25, 0.3) is 0 Å². The summed E-state index contributed by atoms with van der Waals surface area (Å²) in [6.45, 7) is 3.40. The molecule has 0 radical (unpaired) electrons. The minimum Gasteiger partial charge on any atom is -0.353 e. The van der Waals surface area contributed by atoms with Crippen LogP contribution < -0.4 is 10.6 Å². The zero-order chi connectivity index (χ0) is 21.1. The van der Waals surface area contributed by atoms with Crippen LogP contribution >= 0.6 is 11.6 Å². The van der Waals surface area contributed by atoms with Gasteiger partial charge < -0.3 is 15.5 Å². The van der Waals surface area contributed by atoms with Gasteiger partial charge >= 0.3 is 6.03 Å². The van der Waals surface area contributed by atoms with E-state index in [9.17, 15) is 14.4 Å². The molecule has 0 spiro atoms. The fraction of sp³-hybridized carbons (Fsp3) is 0.591. The average Bonchev–Trinajstić information content (AvgIpc) is 3.44. The summed E-state index contributed by atoms with van der Waals surface area (Å²) in [7, 11) is 0. The van der Waals surface area contributed by atoms with Gasteiger partial charge in [0.15, 0.2) is 0 Å². The second-order valence-corrected chi connectivity index (χ2v) is 9.15. The molecular weight excluding hydrogens is 404 g/mol. The van der Waals surface area contributed by atoms with E-state index in [4.69, 9.17) is 11.6 Å². The Hall–Kier alpha value is -2.12. The van der Waals surface area contributed by atoms with Gasteiger partial charge in [-0.05, 0) is 49.8 Å². The minimum absolute atomic E-state index is 0.000307. The van der Waals surface area contributed by atoms with Crippen LogP contribution in [0.2, 0.25) is 5.02 Å². The van der Waals surface area contributed by atoms with Crippen molar-refractivity contribution in [1.82, 2.24) is 20.4 Å². The second-order valence-electron chi connectivity index (χ2n) is 8.71. The summed E-state index contributed by atoms with van der Waals surface area (Å²) in [5.41, 5.74) is 1.66. The summed E-state index contributed by atoms with van der Waals surface area (Å²) in [4.78, 5) is 39.0. The molecule has 4 rings (SSSR count). The van der Waals surface area contributed by atoms with Crippen molar-refractivity contribution in [3.05, 3.63) is 34.9 Å². The number of urea groups is 1. The van der Waals surface area contributed by atoms with Crippen molar-refractivity contribution in [2.24, 2.45) is 0 Å². The van der Waals surface area contributed by atoms with Crippen molar-refractivity contribution in [3.8, 4) is 0 Å². The summed E-state index contributed by atoms with van der Waals surface area (Å²) in [5.74, 6) is -0.222. The molecule has 2 heterocycles. The fourth-order valence-corrected chi connectivity index (χ4v) is 4.66. The van der Waals surface area contributed by atoms with Crippen LogP contribution in [0.5, 0.6) is 0 Å². The largest absolute Gasteiger partial charge is 0.353 e. The van der Waals surface area contributed by atoms with E-state index in [1.807, 2.05) is 12.1 Å². The van der Waals surface area contributed by atoms with Gasteiger partial charge in [0.05, 0.1) is 6.54 Å². The maximum Gasteiger partial charge on any atom is 0.324 e. The number of piperidine rings is 1. The SMILES string of the molecule is O=C(CCCN1C(=O)CNC1=O)NC1CCN(CC2(c3ccc(Cl)cc3)CC2)CC1. The minimum atomic E-state index is -0.361. The predicted octanol–water partition coefficient (Wildman–Crippen LogP) is 2.28. The van der Waals surface area contributed by atoms with Gasteiger partial charge in [-0.15, -0.1) is 0 Å². The molecule has 2 saturated heterocycles. The van der Waals surface area contributed by atoms with E-state index < -0.39 is 0 Å². The van der Waals surface area contributed by atoms with E-state index in [0.717, 1.165) is 37.5 Å². The number of hydrogen-bond donors (Lipinski definition) is 2. The van der Waals surface area contributed by atoms with E-state index in [2.05, 4.69) is 27.7 Å². The number of carbonyl (C=O) groups excluding carboxylic acids is 3. The van der Waals surface area contributed by atoms with Crippen LogP contribution in [0.15, 0.2) is 24.3 Å². The maximum atomic E-state index is 12.2. The lowest BCUT2D eigenvalue weighted by Gasteiger charge is -2.35. The summed E-state index contributed by atoms with van der Waals surface area (Å²) in [6.07, 6.45) is 5.18. The molecule has 0 atom stereocenters. The highest BCUT2D eigenvalue weighted by atomic mass is 35.5. The lowest BCUT2D eigenvalue weighted by molar-refractivity contribution is -0.126. The van der Waals surface area contributed by atoms with Crippen molar-refractivity contribution < 1.29 is 14.4 Å². The first-order valence-electron chi connectivity index (χ1n) is 10.8. The number of imide groups is 1. The number of amides is 4. The van der Waals surface area contributed by atoms with E-state index in [1.165, 1.54) is 23.3 Å². The lowest BCUT2D eigenvalue weighted by atomic mass is 9.94. The van der Waals surface area contributed by atoms with Crippen molar-refractivity contribution in [1.29, 1.82) is 0 Å². The van der Waals surface area contributed by atoms with Gasteiger partial charge in [0.1, 0.15) is 0 Å². The molecule has 2 N–H and O–H groups in total. The van der Waals surface area contributed by atoms with Crippen molar-refractivity contribution in [3.63, 3.8) is 0 Å². The number of hydrogen-bond acceptors (Lipinski definition) is 4. The van der Waals surface area contributed by atoms with Gasteiger partial charge in [0, 0.05) is 49.1 Å². The monoisotopic (exact) mass is 432 g/mol. The summed E-state index contributed by atoms with van der Waals surface area (Å²) in [5, 5.41) is 6.39. The molecular formula is C22H29ClN4O3. The molecule has 162 valence electrons. The highest BCUT2D eigenvalue weighted by Gasteiger charge is 2.45. The second kappa shape index (κ2) is 8.94. The fourth-order valence-electron chi connectivity index (χ4n) is 4.54. The Morgan fingerprint density at radius 3 is 2.47 bits per heavy atom. The summed E-state index contributed by atoms with van der Waals surface area (Å²) in [6, 6.07) is 8.11. The summed E-state index contributed by atoms with van der Waals surface area (Å²) < 4.78 is 0. The van der Waals surface area contributed by atoms with E-state index in [-0.39, 0.29) is 35.8 Å². The number of nitrogens with one attached hydrogen (secondary N) is 2. The topological polar surface area (TPSA) is 81.8 Å². The molecule has 3 fully saturated rings. The third-order valence-corrected chi connectivity index (χ3v) is 6.76. The van der Waals surface area contributed by atoms with Gasteiger partial charge in [-0.2, -0.15) is 0 Å². The quantitative estimate of drug-likeness (QED) is 0.617. The van der Waals surface area contributed by atoms with E-state index in [0.29, 0.717) is 19.4 Å². The van der Waals surface area contributed by atoms with Crippen LogP contribution in [0.3, 0.4) is 0 Å². The molecule has 1 aromatic rings. The van der Waals surface area contributed by atoms with Crippen LogP contribution in [0.1, 0.15) is 44.1 Å². The van der Waals surface area contributed by atoms with Crippen molar-refractivity contribution >= 4 is 29.4 Å². The van der Waals surface area contributed by atoms with Gasteiger partial charge in [-0.25, -0.2) is 4.79 Å². The normalized spacial score (nSPS) is 21.6. The van der Waals surface area contributed by atoms with Crippen LogP contribution in [0.4, 0.5) is 4.79 Å². The smallest absolute Gasteiger partial charge is 0.324 e. The standard InChI is InChI=1S/C22H29ClN4O3/c23-17-5-3-16(4-6-17)22(9-10-22)15-26-12-7-18(8-13-26)25-19(28)2-1-11-27-20(29)14-24-21(27)30/h3-6,18H,1-2,7-15H2,(H,24,30)(H,25,28). The first-order chi connectivity index (χ1) is 14.4. The molecule has 0 aromatic heterocycles. The molecule has 1 aliphatic carbocycles. The lowest BCUT2D eigenvalue weighted by Crippen LogP contribution is -2.46. The molecule has 4 amide bonds. The Morgan fingerprint density at radius 1 is 1.17 bits per heavy atom. The molecule has 3 aliphatic rings.